The predicted octanol–water partition coefficient (Wildman–Crippen LogP) is 1.28. The molecule has 7 nitrogen and oxygen atoms in total. The minimum absolute atomic E-state index is 0.139. The molecule has 9 heteroatoms. The van der Waals surface area contributed by atoms with Crippen LogP contribution in [0.3, 0.4) is 0 Å². The lowest BCUT2D eigenvalue weighted by atomic mass is 10.1. The van der Waals surface area contributed by atoms with Crippen molar-refractivity contribution in [3.8, 4) is 0 Å². The van der Waals surface area contributed by atoms with Gasteiger partial charge in [0.25, 0.3) is 0 Å². The number of hydrogen-bond donors (Lipinski definition) is 1. The first-order chi connectivity index (χ1) is 12.1. The van der Waals surface area contributed by atoms with Crippen LogP contribution in [0.25, 0.3) is 10.2 Å². The smallest absolute Gasteiger partial charge is 0.308 e. The molecule has 0 saturated carbocycles. The summed E-state index contributed by atoms with van der Waals surface area (Å²) in [4.78, 5) is 42.0. The van der Waals surface area contributed by atoms with Crippen LogP contribution in [0, 0.1) is 0 Å². The Morgan fingerprint density at radius 3 is 3.00 bits per heavy atom. The molecule has 1 aromatic heterocycles. The average molecular weight is 379 g/mol. The molecule has 0 aliphatic carbocycles. The summed E-state index contributed by atoms with van der Waals surface area (Å²) in [6.07, 6.45) is -0.139. The number of methoxy groups -OCH3 is 1. The summed E-state index contributed by atoms with van der Waals surface area (Å²) in [5.41, 5.74) is 0.906. The molecule has 2 amide bonds. The molecule has 1 atom stereocenters. The highest BCUT2D eigenvalue weighted by Gasteiger charge is 2.34. The minimum Gasteiger partial charge on any atom is -0.469 e. The zero-order valence-corrected chi connectivity index (χ0v) is 15.2. The maximum atomic E-state index is 12.6. The monoisotopic (exact) mass is 379 g/mol. The molecule has 1 aliphatic rings. The van der Waals surface area contributed by atoms with Crippen molar-refractivity contribution in [2.45, 2.75) is 16.8 Å². The van der Waals surface area contributed by atoms with Gasteiger partial charge in [0.1, 0.15) is 6.04 Å². The van der Waals surface area contributed by atoms with Gasteiger partial charge in [-0.25, -0.2) is 4.98 Å². The Hall–Kier alpha value is -2.13. The third kappa shape index (κ3) is 4.10. The van der Waals surface area contributed by atoms with Crippen molar-refractivity contribution in [2.24, 2.45) is 0 Å². The van der Waals surface area contributed by atoms with E-state index in [1.807, 2.05) is 24.3 Å². The number of esters is 1. The van der Waals surface area contributed by atoms with Crippen LogP contribution in [0.15, 0.2) is 28.6 Å². The van der Waals surface area contributed by atoms with Crippen LogP contribution in [-0.2, 0) is 19.1 Å². The number of nitrogens with zero attached hydrogens (tertiary/aromatic N) is 2. The van der Waals surface area contributed by atoms with Gasteiger partial charge in [-0.2, -0.15) is 0 Å². The van der Waals surface area contributed by atoms with Crippen LogP contribution < -0.4 is 5.32 Å². The van der Waals surface area contributed by atoms with E-state index in [0.717, 1.165) is 14.6 Å². The molecule has 3 rings (SSSR count). The Kier molecular flexibility index (Phi) is 5.54. The van der Waals surface area contributed by atoms with Gasteiger partial charge in [0.2, 0.25) is 11.8 Å². The third-order valence-electron chi connectivity index (χ3n) is 3.83. The maximum absolute atomic E-state index is 12.6. The van der Waals surface area contributed by atoms with E-state index in [4.69, 9.17) is 0 Å². The van der Waals surface area contributed by atoms with E-state index < -0.39 is 12.0 Å². The zero-order chi connectivity index (χ0) is 17.8. The first-order valence-corrected chi connectivity index (χ1v) is 9.51. The fourth-order valence-corrected chi connectivity index (χ4v) is 4.53. The lowest BCUT2D eigenvalue weighted by Crippen LogP contribution is -2.58. The van der Waals surface area contributed by atoms with Gasteiger partial charge >= 0.3 is 5.97 Å². The molecule has 25 heavy (non-hydrogen) atoms. The lowest BCUT2D eigenvalue weighted by molar-refractivity contribution is -0.149. The number of aromatic nitrogens is 1. The van der Waals surface area contributed by atoms with Crippen LogP contribution in [0.4, 0.5) is 0 Å². The van der Waals surface area contributed by atoms with Gasteiger partial charge in [0.15, 0.2) is 4.34 Å². The average Bonchev–Trinajstić information content (AvgIpc) is 3.04. The third-order valence-corrected chi connectivity index (χ3v) is 6.00. The summed E-state index contributed by atoms with van der Waals surface area (Å²) < 4.78 is 6.50. The molecule has 1 N–H and O–H groups in total. The van der Waals surface area contributed by atoms with Gasteiger partial charge in [0, 0.05) is 13.1 Å². The van der Waals surface area contributed by atoms with E-state index in [9.17, 15) is 14.4 Å². The standard InChI is InChI=1S/C16H17N3O4S2/c1-23-14(21)8-11-15(22)17-6-7-19(11)13(20)9-24-16-18-10-4-2-3-5-12(10)25-16/h2-5,11H,6-9H2,1H3,(H,17,22)/t11-/m1/s1. The Bertz CT molecular complexity index is 775. The summed E-state index contributed by atoms with van der Waals surface area (Å²) in [6.45, 7) is 0.765. The molecular formula is C16H17N3O4S2. The number of piperazine rings is 1. The number of amides is 2. The first kappa shape index (κ1) is 17.7. The molecule has 132 valence electrons. The van der Waals surface area contributed by atoms with E-state index >= 15 is 0 Å². The number of carbonyl (C=O) groups is 3. The van der Waals surface area contributed by atoms with Crippen molar-refractivity contribution in [1.29, 1.82) is 0 Å². The number of nitrogens with one attached hydrogen (secondary N) is 1. The Morgan fingerprint density at radius 1 is 1.44 bits per heavy atom. The summed E-state index contributed by atoms with van der Waals surface area (Å²) in [7, 11) is 1.26. The molecule has 1 aromatic carbocycles. The van der Waals surface area contributed by atoms with Crippen molar-refractivity contribution in [1.82, 2.24) is 15.2 Å². The fourth-order valence-electron chi connectivity index (χ4n) is 2.58. The molecule has 0 bridgehead atoms. The fraction of sp³-hybridized carbons (Fsp3) is 0.375. The maximum Gasteiger partial charge on any atom is 0.308 e. The summed E-state index contributed by atoms with van der Waals surface area (Å²) in [5, 5.41) is 2.68. The van der Waals surface area contributed by atoms with E-state index in [0.29, 0.717) is 13.1 Å². The van der Waals surface area contributed by atoms with E-state index in [1.165, 1.54) is 35.1 Å². The molecule has 2 aromatic rings. The van der Waals surface area contributed by atoms with Crippen LogP contribution in [-0.4, -0.2) is 59.7 Å². The number of carbonyl (C=O) groups excluding carboxylic acids is 3. The lowest BCUT2D eigenvalue weighted by Gasteiger charge is -2.34. The highest BCUT2D eigenvalue weighted by molar-refractivity contribution is 8.01. The summed E-state index contributed by atoms with van der Waals surface area (Å²) >= 11 is 2.87. The van der Waals surface area contributed by atoms with Crippen molar-refractivity contribution in [2.75, 3.05) is 26.0 Å². The Morgan fingerprint density at radius 2 is 2.24 bits per heavy atom. The second kappa shape index (κ2) is 7.83. The van der Waals surface area contributed by atoms with E-state index in [-0.39, 0.29) is 24.0 Å². The predicted molar refractivity (Wildman–Crippen MR) is 95.5 cm³/mol. The SMILES string of the molecule is COC(=O)C[C@@H]1C(=O)NCCN1C(=O)CSc1nc2ccccc2s1. The number of benzene rings is 1. The zero-order valence-electron chi connectivity index (χ0n) is 13.6. The molecule has 0 unspecified atom stereocenters. The van der Waals surface area contributed by atoms with Gasteiger partial charge in [-0.3, -0.25) is 14.4 Å². The van der Waals surface area contributed by atoms with Crippen LogP contribution in [0.5, 0.6) is 0 Å². The van der Waals surface area contributed by atoms with Crippen molar-refractivity contribution in [3.63, 3.8) is 0 Å². The van der Waals surface area contributed by atoms with Crippen LogP contribution in [0.2, 0.25) is 0 Å². The summed E-state index contributed by atoms with van der Waals surface area (Å²) in [6, 6.07) is 6.97. The molecule has 1 saturated heterocycles. The molecule has 2 heterocycles. The quantitative estimate of drug-likeness (QED) is 0.622. The number of fused-ring (bicyclic) bond motifs is 1. The van der Waals surface area contributed by atoms with Gasteiger partial charge in [-0.15, -0.1) is 11.3 Å². The van der Waals surface area contributed by atoms with E-state index in [2.05, 4.69) is 15.0 Å². The van der Waals surface area contributed by atoms with Crippen LogP contribution in [0.1, 0.15) is 6.42 Å². The number of rotatable bonds is 5. The molecule has 1 aliphatic heterocycles. The van der Waals surface area contributed by atoms with Gasteiger partial charge in [-0.1, -0.05) is 23.9 Å². The van der Waals surface area contributed by atoms with Crippen molar-refractivity contribution < 1.29 is 19.1 Å². The van der Waals surface area contributed by atoms with Crippen molar-refractivity contribution in [3.05, 3.63) is 24.3 Å². The summed E-state index contributed by atoms with van der Waals surface area (Å²) in [5.74, 6) is -0.855. The minimum atomic E-state index is -0.815. The molecule has 0 spiro atoms. The first-order valence-electron chi connectivity index (χ1n) is 7.71. The van der Waals surface area contributed by atoms with Gasteiger partial charge in [0.05, 0.1) is 29.5 Å². The molecule has 1 fully saturated rings. The molecular weight excluding hydrogens is 362 g/mol. The normalized spacial score (nSPS) is 17.4. The number of ether oxygens (including phenoxy) is 1. The van der Waals surface area contributed by atoms with Gasteiger partial charge < -0.3 is 15.0 Å². The number of hydrogen-bond acceptors (Lipinski definition) is 7. The van der Waals surface area contributed by atoms with Crippen LogP contribution >= 0.6 is 23.1 Å². The largest absolute Gasteiger partial charge is 0.469 e. The highest BCUT2D eigenvalue weighted by Crippen LogP contribution is 2.29. The topological polar surface area (TPSA) is 88.6 Å². The second-order valence-electron chi connectivity index (χ2n) is 5.41. The van der Waals surface area contributed by atoms with Crippen molar-refractivity contribution >= 4 is 51.1 Å². The second-order valence-corrected chi connectivity index (χ2v) is 7.66. The Labute approximate surface area is 152 Å². The highest BCUT2D eigenvalue weighted by atomic mass is 32.2. The Balaban J connectivity index is 1.65. The van der Waals surface area contributed by atoms with E-state index in [1.54, 1.807) is 0 Å². The molecule has 0 radical (unpaired) electrons. The van der Waals surface area contributed by atoms with Gasteiger partial charge in [-0.05, 0) is 12.1 Å². The number of para-hydroxylation sites is 1. The number of thiazole rings is 1. The number of thioether (sulfide) groups is 1.